The molecule has 2 heterocycles. The van der Waals surface area contributed by atoms with Crippen LogP contribution >= 0.6 is 22.9 Å². The molecular weight excluding hydrogens is 282 g/mol. The molecule has 5 nitrogen and oxygen atoms in total. The summed E-state index contributed by atoms with van der Waals surface area (Å²) in [4.78, 5) is 4.47. The number of hydrogen-bond donors (Lipinski definition) is 0. The van der Waals surface area contributed by atoms with Crippen LogP contribution in [0.4, 0.5) is 0 Å². The molecule has 0 aliphatic rings. The summed E-state index contributed by atoms with van der Waals surface area (Å²) in [6, 6.07) is 9.92. The van der Waals surface area contributed by atoms with Crippen molar-refractivity contribution in [2.45, 2.75) is 13.0 Å². The maximum absolute atomic E-state index is 8.89. The predicted octanol–water partition coefficient (Wildman–Crippen LogP) is 2.66. The summed E-state index contributed by atoms with van der Waals surface area (Å²) in [6.07, 6.45) is 0.265. The largest absolute Gasteiger partial charge is 0.320 e. The fraction of sp³-hybridized carbons (Fsp3) is 0.167. The Morgan fingerprint density at radius 3 is 2.89 bits per heavy atom. The molecule has 0 saturated carbocycles. The Morgan fingerprint density at radius 1 is 1.32 bits per heavy atom. The number of hydrogen-bond acceptors (Lipinski definition) is 5. The number of fused-ring (bicyclic) bond motifs is 1. The first-order chi connectivity index (χ1) is 9.28. The fourth-order valence-corrected chi connectivity index (χ4v) is 2.80. The van der Waals surface area contributed by atoms with E-state index in [1.54, 1.807) is 0 Å². The second-order valence-corrected chi connectivity index (χ2v) is 5.53. The van der Waals surface area contributed by atoms with Crippen LogP contribution < -0.4 is 0 Å². The highest BCUT2D eigenvalue weighted by atomic mass is 35.5. The Hall–Kier alpha value is -1.97. The number of aromatic nitrogens is 4. The van der Waals surface area contributed by atoms with Crippen LogP contribution in [0.25, 0.3) is 11.0 Å². The van der Waals surface area contributed by atoms with Gasteiger partial charge in [-0.2, -0.15) is 5.26 Å². The summed E-state index contributed by atoms with van der Waals surface area (Å²) in [5, 5.41) is 17.5. The van der Waals surface area contributed by atoms with Crippen molar-refractivity contribution in [2.75, 3.05) is 0 Å². The quantitative estimate of drug-likeness (QED) is 0.743. The molecule has 0 amide bonds. The Bertz CT molecular complexity index is 770. The Kier molecular flexibility index (Phi) is 3.15. The number of halogens is 1. The van der Waals surface area contributed by atoms with Gasteiger partial charge in [-0.15, -0.1) is 10.2 Å². The van der Waals surface area contributed by atoms with E-state index in [-0.39, 0.29) is 6.42 Å². The van der Waals surface area contributed by atoms with Crippen molar-refractivity contribution in [2.24, 2.45) is 0 Å². The van der Waals surface area contributed by atoms with Gasteiger partial charge in [0, 0.05) is 0 Å². The zero-order valence-corrected chi connectivity index (χ0v) is 11.3. The highest BCUT2D eigenvalue weighted by Crippen LogP contribution is 2.21. The van der Waals surface area contributed by atoms with E-state index < -0.39 is 0 Å². The van der Waals surface area contributed by atoms with Crippen molar-refractivity contribution < 1.29 is 0 Å². The Labute approximate surface area is 118 Å². The van der Waals surface area contributed by atoms with Gasteiger partial charge in [0.05, 0.1) is 30.1 Å². The smallest absolute Gasteiger partial charge is 0.207 e. The Balaban J connectivity index is 2.09. The lowest BCUT2D eigenvalue weighted by Crippen LogP contribution is -2.04. The maximum Gasteiger partial charge on any atom is 0.207 e. The van der Waals surface area contributed by atoms with Crippen LogP contribution in [0.5, 0.6) is 0 Å². The monoisotopic (exact) mass is 289 g/mol. The van der Waals surface area contributed by atoms with Gasteiger partial charge in [-0.3, -0.25) is 0 Å². The summed E-state index contributed by atoms with van der Waals surface area (Å²) in [6.45, 7) is 0.530. The van der Waals surface area contributed by atoms with Crippen LogP contribution in [0.1, 0.15) is 10.8 Å². The number of nitrogens with zero attached hydrogens (tertiary/aromatic N) is 5. The predicted molar refractivity (Wildman–Crippen MR) is 73.1 cm³/mol. The molecule has 19 heavy (non-hydrogen) atoms. The van der Waals surface area contributed by atoms with E-state index in [2.05, 4.69) is 21.3 Å². The molecule has 0 spiro atoms. The second kappa shape index (κ2) is 4.96. The molecule has 0 saturated heterocycles. The number of para-hydroxylation sites is 2. The van der Waals surface area contributed by atoms with Gasteiger partial charge in [0.15, 0.2) is 0 Å². The van der Waals surface area contributed by atoms with E-state index in [1.807, 2.05) is 28.8 Å². The van der Waals surface area contributed by atoms with Gasteiger partial charge in [0.25, 0.3) is 0 Å². The minimum atomic E-state index is 0.265. The fourth-order valence-electron chi connectivity index (χ4n) is 1.94. The maximum atomic E-state index is 8.89. The van der Waals surface area contributed by atoms with Crippen molar-refractivity contribution in [3.63, 3.8) is 0 Å². The van der Waals surface area contributed by atoms with Crippen LogP contribution in [0.15, 0.2) is 24.3 Å². The lowest BCUT2D eigenvalue weighted by molar-refractivity contribution is 0.754. The van der Waals surface area contributed by atoms with Gasteiger partial charge < -0.3 is 4.57 Å². The molecule has 7 heteroatoms. The van der Waals surface area contributed by atoms with E-state index in [0.29, 0.717) is 11.0 Å². The van der Waals surface area contributed by atoms with Crippen molar-refractivity contribution in [3.05, 3.63) is 39.6 Å². The third-order valence-electron chi connectivity index (χ3n) is 2.71. The average molecular weight is 290 g/mol. The SMILES string of the molecule is N#CCc1nc2ccccc2n1Cc1nnc(Cl)s1. The van der Waals surface area contributed by atoms with Crippen molar-refractivity contribution in [1.82, 2.24) is 19.7 Å². The zero-order valence-electron chi connectivity index (χ0n) is 9.75. The van der Waals surface area contributed by atoms with Gasteiger partial charge in [-0.05, 0) is 23.7 Å². The average Bonchev–Trinajstić information content (AvgIpc) is 2.96. The summed E-state index contributed by atoms with van der Waals surface area (Å²) in [5.74, 6) is 0.732. The van der Waals surface area contributed by atoms with E-state index in [1.165, 1.54) is 11.3 Å². The number of benzene rings is 1. The van der Waals surface area contributed by atoms with E-state index >= 15 is 0 Å². The molecule has 0 aliphatic heterocycles. The normalized spacial score (nSPS) is 10.7. The number of nitriles is 1. The topological polar surface area (TPSA) is 67.4 Å². The molecule has 2 aromatic heterocycles. The molecule has 3 aromatic rings. The van der Waals surface area contributed by atoms with Crippen molar-refractivity contribution in [1.29, 1.82) is 5.26 Å². The number of imidazole rings is 1. The first kappa shape index (κ1) is 12.1. The third-order valence-corrected chi connectivity index (χ3v) is 3.71. The standard InChI is InChI=1S/C12H8ClN5S/c13-12-17-16-11(19-12)7-18-9-4-2-1-3-8(9)15-10(18)5-6-14/h1-4H,5,7H2. The summed E-state index contributed by atoms with van der Waals surface area (Å²) >= 11 is 7.12. The van der Waals surface area contributed by atoms with Crippen LogP contribution in [0.2, 0.25) is 4.47 Å². The van der Waals surface area contributed by atoms with E-state index in [9.17, 15) is 0 Å². The number of rotatable bonds is 3. The first-order valence-electron chi connectivity index (χ1n) is 5.57. The van der Waals surface area contributed by atoms with Crippen LogP contribution in [0, 0.1) is 11.3 Å². The molecule has 0 radical (unpaired) electrons. The molecule has 0 atom stereocenters. The lowest BCUT2D eigenvalue weighted by atomic mass is 10.3. The minimum absolute atomic E-state index is 0.265. The molecule has 0 N–H and O–H groups in total. The zero-order chi connectivity index (χ0) is 13.2. The first-order valence-corrected chi connectivity index (χ1v) is 6.76. The highest BCUT2D eigenvalue weighted by molar-refractivity contribution is 7.15. The summed E-state index contributed by atoms with van der Waals surface area (Å²) in [7, 11) is 0. The van der Waals surface area contributed by atoms with E-state index in [4.69, 9.17) is 16.9 Å². The summed E-state index contributed by atoms with van der Waals surface area (Å²) in [5.41, 5.74) is 1.86. The van der Waals surface area contributed by atoms with Crippen LogP contribution in [-0.2, 0) is 13.0 Å². The second-order valence-electron chi connectivity index (χ2n) is 3.89. The van der Waals surface area contributed by atoms with Gasteiger partial charge in [0.2, 0.25) is 4.47 Å². The van der Waals surface area contributed by atoms with Gasteiger partial charge in [0.1, 0.15) is 10.8 Å². The lowest BCUT2D eigenvalue weighted by Gasteiger charge is -2.04. The van der Waals surface area contributed by atoms with Gasteiger partial charge in [-0.1, -0.05) is 23.5 Å². The molecule has 94 valence electrons. The molecule has 0 bridgehead atoms. The molecule has 0 unspecified atom stereocenters. The molecule has 0 aliphatic carbocycles. The molecule has 3 rings (SSSR count). The van der Waals surface area contributed by atoms with Crippen molar-refractivity contribution >= 4 is 34.0 Å². The minimum Gasteiger partial charge on any atom is -0.320 e. The van der Waals surface area contributed by atoms with Crippen LogP contribution in [0.3, 0.4) is 0 Å². The highest BCUT2D eigenvalue weighted by Gasteiger charge is 2.12. The molecular formula is C12H8ClN5S. The van der Waals surface area contributed by atoms with E-state index in [0.717, 1.165) is 21.9 Å². The molecule has 1 aromatic carbocycles. The van der Waals surface area contributed by atoms with Crippen LogP contribution in [-0.4, -0.2) is 19.7 Å². The summed E-state index contributed by atoms with van der Waals surface area (Å²) < 4.78 is 2.40. The van der Waals surface area contributed by atoms with Gasteiger partial charge >= 0.3 is 0 Å². The van der Waals surface area contributed by atoms with Crippen molar-refractivity contribution in [3.8, 4) is 6.07 Å². The Morgan fingerprint density at radius 2 is 2.16 bits per heavy atom. The van der Waals surface area contributed by atoms with Gasteiger partial charge in [-0.25, -0.2) is 4.98 Å². The third kappa shape index (κ3) is 2.30. The molecule has 0 fully saturated rings.